The van der Waals surface area contributed by atoms with Crippen molar-refractivity contribution in [2.45, 2.75) is 33.3 Å². The molecule has 0 aromatic heterocycles. The summed E-state index contributed by atoms with van der Waals surface area (Å²) in [5.41, 5.74) is 0. The van der Waals surface area contributed by atoms with Gasteiger partial charge < -0.3 is 15.3 Å². The quantitative estimate of drug-likeness (QED) is 0.719. The lowest BCUT2D eigenvalue weighted by Gasteiger charge is -2.21. The third kappa shape index (κ3) is 3.46. The lowest BCUT2D eigenvalue weighted by atomic mass is 10.0. The molecular formula is C12H24N2O2. The van der Waals surface area contributed by atoms with Crippen molar-refractivity contribution in [3.05, 3.63) is 0 Å². The summed E-state index contributed by atoms with van der Waals surface area (Å²) in [7, 11) is 0. The van der Waals surface area contributed by atoms with Crippen LogP contribution in [-0.4, -0.2) is 48.2 Å². The number of carbonyl (C=O) groups is 1. The van der Waals surface area contributed by atoms with Crippen LogP contribution in [0, 0.1) is 11.8 Å². The van der Waals surface area contributed by atoms with Gasteiger partial charge in [0.05, 0.1) is 6.10 Å². The van der Waals surface area contributed by atoms with Gasteiger partial charge >= 0.3 is 0 Å². The van der Waals surface area contributed by atoms with Gasteiger partial charge in [-0.1, -0.05) is 13.8 Å². The Kier molecular flexibility index (Phi) is 5.22. The van der Waals surface area contributed by atoms with Crippen LogP contribution < -0.4 is 5.32 Å². The molecule has 1 rings (SSSR count). The summed E-state index contributed by atoms with van der Waals surface area (Å²) in [4.78, 5) is 13.9. The molecule has 1 aliphatic heterocycles. The maximum absolute atomic E-state index is 12.0. The van der Waals surface area contributed by atoms with Crippen LogP contribution in [0.5, 0.6) is 0 Å². The van der Waals surface area contributed by atoms with E-state index < -0.39 is 0 Å². The zero-order chi connectivity index (χ0) is 12.1. The number of carbonyl (C=O) groups excluding carboxylic acids is 1. The number of nitrogens with zero attached hydrogens (tertiary/aromatic N) is 1. The van der Waals surface area contributed by atoms with Gasteiger partial charge in [0.15, 0.2) is 0 Å². The molecule has 0 aliphatic carbocycles. The van der Waals surface area contributed by atoms with Crippen LogP contribution in [0.15, 0.2) is 0 Å². The predicted octanol–water partition coefficient (Wildman–Crippen LogP) is 0.461. The van der Waals surface area contributed by atoms with Crippen LogP contribution in [0.3, 0.4) is 0 Å². The molecule has 0 aromatic rings. The van der Waals surface area contributed by atoms with Crippen molar-refractivity contribution in [3.63, 3.8) is 0 Å². The van der Waals surface area contributed by atoms with Crippen molar-refractivity contribution in [1.82, 2.24) is 10.2 Å². The van der Waals surface area contributed by atoms with Gasteiger partial charge in [0, 0.05) is 31.5 Å². The number of hydrogen-bond donors (Lipinski definition) is 2. The van der Waals surface area contributed by atoms with Crippen molar-refractivity contribution in [2.24, 2.45) is 11.8 Å². The Hall–Kier alpha value is -0.610. The molecule has 0 bridgehead atoms. The molecule has 1 saturated heterocycles. The van der Waals surface area contributed by atoms with Gasteiger partial charge in [-0.05, 0) is 19.9 Å². The van der Waals surface area contributed by atoms with E-state index in [1.54, 1.807) is 6.92 Å². The monoisotopic (exact) mass is 228 g/mol. The molecule has 1 aliphatic rings. The van der Waals surface area contributed by atoms with E-state index >= 15 is 0 Å². The smallest absolute Gasteiger partial charge is 0.226 e. The minimum atomic E-state index is -0.304. The molecule has 94 valence electrons. The predicted molar refractivity (Wildman–Crippen MR) is 64.1 cm³/mol. The average Bonchev–Trinajstić information content (AvgIpc) is 2.74. The normalized spacial score (nSPS) is 24.5. The molecule has 3 atom stereocenters. The first-order valence-electron chi connectivity index (χ1n) is 6.23. The molecule has 0 radical (unpaired) electrons. The van der Waals surface area contributed by atoms with E-state index in [9.17, 15) is 9.90 Å². The minimum Gasteiger partial charge on any atom is -0.393 e. The summed E-state index contributed by atoms with van der Waals surface area (Å²) in [5.74, 6) is 0.507. The van der Waals surface area contributed by atoms with Crippen LogP contribution in [-0.2, 0) is 4.79 Å². The highest BCUT2D eigenvalue weighted by Gasteiger charge is 2.30. The van der Waals surface area contributed by atoms with E-state index in [1.807, 2.05) is 18.7 Å². The van der Waals surface area contributed by atoms with Gasteiger partial charge in [0.25, 0.3) is 0 Å². The molecule has 1 heterocycles. The fourth-order valence-corrected chi connectivity index (χ4v) is 2.14. The Labute approximate surface area is 98.0 Å². The van der Waals surface area contributed by atoms with Crippen molar-refractivity contribution in [1.29, 1.82) is 0 Å². The van der Waals surface area contributed by atoms with E-state index in [2.05, 4.69) is 5.32 Å². The molecule has 1 fully saturated rings. The highest BCUT2D eigenvalue weighted by Crippen LogP contribution is 2.21. The maximum Gasteiger partial charge on any atom is 0.226 e. The van der Waals surface area contributed by atoms with Crippen molar-refractivity contribution < 1.29 is 9.90 Å². The number of nitrogens with one attached hydrogen (secondary N) is 1. The molecule has 0 saturated carbocycles. The van der Waals surface area contributed by atoms with Gasteiger partial charge in [0.2, 0.25) is 5.91 Å². The fraction of sp³-hybridized carbons (Fsp3) is 0.917. The van der Waals surface area contributed by atoms with Crippen LogP contribution in [0.25, 0.3) is 0 Å². The lowest BCUT2D eigenvalue weighted by molar-refractivity contribution is -0.134. The number of hydrogen-bond acceptors (Lipinski definition) is 3. The number of likely N-dealkylation sites (tertiary alicyclic amines) is 1. The first-order chi connectivity index (χ1) is 7.56. The van der Waals surface area contributed by atoms with Gasteiger partial charge in [-0.25, -0.2) is 0 Å². The lowest BCUT2D eigenvalue weighted by Crippen LogP contribution is -2.38. The summed E-state index contributed by atoms with van der Waals surface area (Å²) in [6.45, 7) is 8.95. The van der Waals surface area contributed by atoms with Crippen LogP contribution in [0.4, 0.5) is 0 Å². The zero-order valence-corrected chi connectivity index (χ0v) is 10.6. The van der Waals surface area contributed by atoms with E-state index in [0.29, 0.717) is 6.54 Å². The fourth-order valence-electron chi connectivity index (χ4n) is 2.14. The van der Waals surface area contributed by atoms with Gasteiger partial charge in [-0.2, -0.15) is 0 Å². The van der Waals surface area contributed by atoms with Crippen molar-refractivity contribution in [3.8, 4) is 0 Å². The molecule has 4 heteroatoms. The van der Waals surface area contributed by atoms with Crippen molar-refractivity contribution >= 4 is 5.91 Å². The highest BCUT2D eigenvalue weighted by molar-refractivity contribution is 5.79. The summed E-state index contributed by atoms with van der Waals surface area (Å²) < 4.78 is 0. The second-order valence-electron chi connectivity index (χ2n) is 4.78. The van der Waals surface area contributed by atoms with Gasteiger partial charge in [0.1, 0.15) is 0 Å². The maximum atomic E-state index is 12.0. The third-order valence-corrected chi connectivity index (χ3v) is 3.34. The minimum absolute atomic E-state index is 0.0349. The average molecular weight is 228 g/mol. The number of rotatable bonds is 5. The Morgan fingerprint density at radius 2 is 2.25 bits per heavy atom. The SMILES string of the molecule is CCNCC(C)C(=O)N1CCC(C(C)O)C1. The first kappa shape index (κ1) is 13.5. The number of aliphatic hydroxyl groups is 1. The van der Waals surface area contributed by atoms with Crippen LogP contribution in [0.1, 0.15) is 27.2 Å². The topological polar surface area (TPSA) is 52.6 Å². The number of amides is 1. The van der Waals surface area contributed by atoms with E-state index in [-0.39, 0.29) is 23.8 Å². The third-order valence-electron chi connectivity index (χ3n) is 3.34. The number of aliphatic hydroxyl groups excluding tert-OH is 1. The van der Waals surface area contributed by atoms with E-state index in [0.717, 1.165) is 26.1 Å². The van der Waals surface area contributed by atoms with Gasteiger partial charge in [-0.3, -0.25) is 4.79 Å². The van der Waals surface area contributed by atoms with E-state index in [4.69, 9.17) is 0 Å². The largest absolute Gasteiger partial charge is 0.393 e. The van der Waals surface area contributed by atoms with Crippen molar-refractivity contribution in [2.75, 3.05) is 26.2 Å². The molecule has 16 heavy (non-hydrogen) atoms. The molecule has 0 spiro atoms. The molecule has 2 N–H and O–H groups in total. The Morgan fingerprint density at radius 3 is 2.75 bits per heavy atom. The first-order valence-corrected chi connectivity index (χ1v) is 6.23. The second kappa shape index (κ2) is 6.21. The summed E-state index contributed by atoms with van der Waals surface area (Å²) in [6.07, 6.45) is 0.624. The molecule has 4 nitrogen and oxygen atoms in total. The zero-order valence-electron chi connectivity index (χ0n) is 10.6. The standard InChI is InChI=1S/C12H24N2O2/c1-4-13-7-9(2)12(16)14-6-5-11(8-14)10(3)15/h9-11,13,15H,4-8H2,1-3H3. The second-order valence-corrected chi connectivity index (χ2v) is 4.78. The van der Waals surface area contributed by atoms with Crippen LogP contribution >= 0.6 is 0 Å². The molecule has 1 amide bonds. The Morgan fingerprint density at radius 1 is 1.56 bits per heavy atom. The Bertz CT molecular complexity index is 231. The summed E-state index contributed by atoms with van der Waals surface area (Å²) in [5, 5.41) is 12.7. The highest BCUT2D eigenvalue weighted by atomic mass is 16.3. The summed E-state index contributed by atoms with van der Waals surface area (Å²) in [6, 6.07) is 0. The Balaban J connectivity index is 2.38. The van der Waals surface area contributed by atoms with Crippen LogP contribution in [0.2, 0.25) is 0 Å². The van der Waals surface area contributed by atoms with Gasteiger partial charge in [-0.15, -0.1) is 0 Å². The van der Waals surface area contributed by atoms with E-state index in [1.165, 1.54) is 0 Å². The molecule has 0 aromatic carbocycles. The summed E-state index contributed by atoms with van der Waals surface area (Å²) >= 11 is 0. The molecular weight excluding hydrogens is 204 g/mol. The molecule has 3 unspecified atom stereocenters.